The molecular formula is C18H15NO4. The zero-order valence-corrected chi connectivity index (χ0v) is 12.5. The minimum atomic E-state index is -0.647. The Morgan fingerprint density at radius 2 is 1.91 bits per heavy atom. The molecule has 5 nitrogen and oxygen atoms in total. The fourth-order valence-electron chi connectivity index (χ4n) is 2.56. The van der Waals surface area contributed by atoms with Crippen molar-refractivity contribution in [2.45, 2.75) is 6.92 Å². The first-order valence-corrected chi connectivity index (χ1v) is 7.13. The zero-order valence-electron chi connectivity index (χ0n) is 12.5. The molecule has 5 heteroatoms. The van der Waals surface area contributed by atoms with Gasteiger partial charge in [-0.2, -0.15) is 0 Å². The van der Waals surface area contributed by atoms with Gasteiger partial charge in [0.15, 0.2) is 6.61 Å². The lowest BCUT2D eigenvalue weighted by Crippen LogP contribution is -2.14. The quantitative estimate of drug-likeness (QED) is 0.573. The summed E-state index contributed by atoms with van der Waals surface area (Å²) in [4.78, 5) is 27.5. The maximum absolute atomic E-state index is 12.4. The first-order chi connectivity index (χ1) is 11.1. The summed E-state index contributed by atoms with van der Waals surface area (Å²) in [6.45, 7) is 1.46. The average molecular weight is 309 g/mol. The van der Waals surface area contributed by atoms with Gasteiger partial charge in [0.25, 0.3) is 0 Å². The van der Waals surface area contributed by atoms with Gasteiger partial charge in [0.05, 0.1) is 5.56 Å². The van der Waals surface area contributed by atoms with Crippen molar-refractivity contribution in [2.75, 3.05) is 6.61 Å². The fourth-order valence-corrected chi connectivity index (χ4v) is 2.56. The molecule has 0 aliphatic rings. The van der Waals surface area contributed by atoms with Crippen LogP contribution < -0.4 is 0 Å². The van der Waals surface area contributed by atoms with E-state index in [1.165, 1.54) is 24.3 Å². The number of aryl methyl sites for hydroxylation is 1. The number of benzene rings is 2. The Bertz CT molecular complexity index is 895. The van der Waals surface area contributed by atoms with Crippen LogP contribution >= 0.6 is 0 Å². The molecule has 3 rings (SSSR count). The van der Waals surface area contributed by atoms with Gasteiger partial charge < -0.3 is 14.8 Å². The second kappa shape index (κ2) is 5.96. The van der Waals surface area contributed by atoms with Gasteiger partial charge >= 0.3 is 5.97 Å². The number of rotatable bonds is 4. The normalized spacial score (nSPS) is 10.7. The smallest absolute Gasteiger partial charge is 0.338 e. The highest BCUT2D eigenvalue weighted by molar-refractivity contribution is 6.10. The highest BCUT2D eigenvalue weighted by Crippen LogP contribution is 2.22. The maximum Gasteiger partial charge on any atom is 0.338 e. The number of ether oxygens (including phenoxy) is 1. The van der Waals surface area contributed by atoms with Crippen LogP contribution in [-0.2, 0) is 4.74 Å². The molecule has 0 saturated carbocycles. The number of phenolic OH excluding ortho intramolecular Hbond substituents is 1. The molecule has 0 atom stereocenters. The van der Waals surface area contributed by atoms with Gasteiger partial charge in [-0.25, -0.2) is 4.79 Å². The van der Waals surface area contributed by atoms with Crippen LogP contribution in [0.1, 0.15) is 26.4 Å². The summed E-state index contributed by atoms with van der Waals surface area (Å²) in [5.74, 6) is -0.946. The number of para-hydroxylation sites is 1. The largest absolute Gasteiger partial charge is 0.508 e. The van der Waals surface area contributed by atoms with E-state index in [0.717, 1.165) is 16.6 Å². The van der Waals surface area contributed by atoms with Crippen LogP contribution in [0, 0.1) is 6.92 Å². The van der Waals surface area contributed by atoms with Crippen LogP contribution in [-0.4, -0.2) is 28.4 Å². The third-order valence-corrected chi connectivity index (χ3v) is 3.59. The molecule has 0 unspecified atom stereocenters. The van der Waals surface area contributed by atoms with Crippen molar-refractivity contribution in [1.82, 2.24) is 4.98 Å². The minimum absolute atomic E-state index is 0.0294. The summed E-state index contributed by atoms with van der Waals surface area (Å²) in [5.41, 5.74) is 2.34. The molecule has 2 N–H and O–H groups in total. The van der Waals surface area contributed by atoms with E-state index in [1.54, 1.807) is 0 Å². The zero-order chi connectivity index (χ0) is 16.4. The number of hydrogen-bond donors (Lipinski definition) is 2. The van der Waals surface area contributed by atoms with Gasteiger partial charge in [0, 0.05) is 22.2 Å². The Labute approximate surface area is 132 Å². The van der Waals surface area contributed by atoms with Crippen LogP contribution in [0.4, 0.5) is 0 Å². The lowest BCUT2D eigenvalue weighted by molar-refractivity contribution is 0.0474. The first kappa shape index (κ1) is 14.8. The fraction of sp³-hybridized carbons (Fsp3) is 0.111. The molecule has 0 spiro atoms. The molecule has 1 heterocycles. The first-order valence-electron chi connectivity index (χ1n) is 7.13. The molecule has 0 aliphatic carbocycles. The maximum atomic E-state index is 12.4. The molecule has 23 heavy (non-hydrogen) atoms. The van der Waals surface area contributed by atoms with E-state index in [1.807, 2.05) is 31.2 Å². The van der Waals surface area contributed by atoms with Crippen molar-refractivity contribution in [3.8, 4) is 5.75 Å². The van der Waals surface area contributed by atoms with E-state index < -0.39 is 5.97 Å². The van der Waals surface area contributed by atoms with Crippen molar-refractivity contribution >= 4 is 22.7 Å². The Balaban J connectivity index is 1.76. The standard InChI is InChI=1S/C18H15NO4/c1-11-17(14-7-2-3-8-15(14)19-11)16(21)10-23-18(22)12-5-4-6-13(20)9-12/h2-9,19-20H,10H2,1H3. The van der Waals surface area contributed by atoms with Crippen LogP contribution in [0.5, 0.6) is 5.75 Å². The summed E-state index contributed by atoms with van der Waals surface area (Å²) >= 11 is 0. The molecule has 116 valence electrons. The molecular weight excluding hydrogens is 294 g/mol. The monoisotopic (exact) mass is 309 g/mol. The van der Waals surface area contributed by atoms with E-state index in [4.69, 9.17) is 4.74 Å². The molecule has 0 amide bonds. The second-order valence-electron chi connectivity index (χ2n) is 5.22. The Kier molecular flexibility index (Phi) is 3.85. The summed E-state index contributed by atoms with van der Waals surface area (Å²) in [5, 5.41) is 10.2. The van der Waals surface area contributed by atoms with Gasteiger partial charge in [0.1, 0.15) is 5.75 Å². The minimum Gasteiger partial charge on any atom is -0.508 e. The number of Topliss-reactive ketones (excluding diaryl/α,β-unsaturated/α-hetero) is 1. The van der Waals surface area contributed by atoms with Gasteiger partial charge in [-0.1, -0.05) is 24.3 Å². The van der Waals surface area contributed by atoms with Crippen LogP contribution in [0.2, 0.25) is 0 Å². The molecule has 0 fully saturated rings. The van der Waals surface area contributed by atoms with E-state index in [2.05, 4.69) is 4.98 Å². The van der Waals surface area contributed by atoms with Gasteiger partial charge in [-0.3, -0.25) is 4.79 Å². The van der Waals surface area contributed by atoms with Crippen molar-refractivity contribution in [3.05, 3.63) is 65.4 Å². The molecule has 0 bridgehead atoms. The van der Waals surface area contributed by atoms with Crippen molar-refractivity contribution in [1.29, 1.82) is 0 Å². The highest BCUT2D eigenvalue weighted by Gasteiger charge is 2.18. The van der Waals surface area contributed by atoms with E-state index in [-0.39, 0.29) is 23.7 Å². The van der Waals surface area contributed by atoms with Gasteiger partial charge in [0.2, 0.25) is 5.78 Å². The number of carbonyl (C=O) groups excluding carboxylic acids is 2. The average Bonchev–Trinajstić information content (AvgIpc) is 2.88. The number of ketones is 1. The number of carbonyl (C=O) groups is 2. The molecule has 0 saturated heterocycles. The van der Waals surface area contributed by atoms with E-state index in [9.17, 15) is 14.7 Å². The van der Waals surface area contributed by atoms with E-state index in [0.29, 0.717) is 5.56 Å². The summed E-state index contributed by atoms with van der Waals surface area (Å²) in [7, 11) is 0. The van der Waals surface area contributed by atoms with Crippen LogP contribution in [0.15, 0.2) is 48.5 Å². The summed E-state index contributed by atoms with van der Waals surface area (Å²) in [6, 6.07) is 13.3. The number of nitrogens with one attached hydrogen (secondary N) is 1. The molecule has 3 aromatic rings. The van der Waals surface area contributed by atoms with Gasteiger partial charge in [-0.15, -0.1) is 0 Å². The molecule has 2 aromatic carbocycles. The number of phenols is 1. The Morgan fingerprint density at radius 3 is 2.70 bits per heavy atom. The number of fused-ring (bicyclic) bond motifs is 1. The highest BCUT2D eigenvalue weighted by atomic mass is 16.5. The van der Waals surface area contributed by atoms with Crippen LogP contribution in [0.3, 0.4) is 0 Å². The number of aromatic nitrogens is 1. The predicted molar refractivity (Wildman–Crippen MR) is 85.8 cm³/mol. The van der Waals surface area contributed by atoms with Crippen molar-refractivity contribution in [2.24, 2.45) is 0 Å². The Hall–Kier alpha value is -3.08. The number of aromatic hydroxyl groups is 1. The molecule has 0 radical (unpaired) electrons. The summed E-state index contributed by atoms with van der Waals surface area (Å²) < 4.78 is 5.06. The van der Waals surface area contributed by atoms with Crippen molar-refractivity contribution < 1.29 is 19.4 Å². The second-order valence-corrected chi connectivity index (χ2v) is 5.22. The van der Waals surface area contributed by atoms with Gasteiger partial charge in [-0.05, 0) is 31.2 Å². The number of esters is 1. The number of H-pyrrole nitrogens is 1. The third-order valence-electron chi connectivity index (χ3n) is 3.59. The number of aromatic amines is 1. The summed E-state index contributed by atoms with van der Waals surface area (Å²) in [6.07, 6.45) is 0. The lowest BCUT2D eigenvalue weighted by Gasteiger charge is -2.05. The molecule has 0 aliphatic heterocycles. The molecule has 1 aromatic heterocycles. The van der Waals surface area contributed by atoms with Crippen molar-refractivity contribution in [3.63, 3.8) is 0 Å². The lowest BCUT2D eigenvalue weighted by atomic mass is 10.1. The predicted octanol–water partition coefficient (Wildman–Crippen LogP) is 3.22. The van der Waals surface area contributed by atoms with Crippen LogP contribution in [0.25, 0.3) is 10.9 Å². The Morgan fingerprint density at radius 1 is 1.13 bits per heavy atom. The SMILES string of the molecule is Cc1[nH]c2ccccc2c1C(=O)COC(=O)c1cccc(O)c1. The number of hydrogen-bond acceptors (Lipinski definition) is 4. The topological polar surface area (TPSA) is 79.4 Å². The third kappa shape index (κ3) is 2.94. The van der Waals surface area contributed by atoms with E-state index >= 15 is 0 Å².